The molecule has 1 aliphatic rings. The SMILES string of the molecule is CNC[C@@H]1CCN(Cc2ccccc2)C1. The van der Waals surface area contributed by atoms with Gasteiger partial charge in [0, 0.05) is 13.1 Å². The molecule has 0 radical (unpaired) electrons. The Morgan fingerprint density at radius 2 is 2.13 bits per heavy atom. The molecule has 82 valence electrons. The Hall–Kier alpha value is -0.860. The minimum Gasteiger partial charge on any atom is -0.319 e. The summed E-state index contributed by atoms with van der Waals surface area (Å²) < 4.78 is 0. The topological polar surface area (TPSA) is 15.3 Å². The van der Waals surface area contributed by atoms with Crippen molar-refractivity contribution < 1.29 is 0 Å². The van der Waals surface area contributed by atoms with Crippen LogP contribution in [-0.4, -0.2) is 31.6 Å². The Kier molecular flexibility index (Phi) is 3.75. The largest absolute Gasteiger partial charge is 0.319 e. The summed E-state index contributed by atoms with van der Waals surface area (Å²) in [5, 5.41) is 3.27. The molecule has 1 aromatic rings. The molecular formula is C13H20N2. The van der Waals surface area contributed by atoms with E-state index in [1.54, 1.807) is 0 Å². The lowest BCUT2D eigenvalue weighted by molar-refractivity contribution is 0.315. The van der Waals surface area contributed by atoms with E-state index >= 15 is 0 Å². The third-order valence-electron chi connectivity index (χ3n) is 3.11. The Morgan fingerprint density at radius 1 is 1.33 bits per heavy atom. The number of nitrogens with one attached hydrogen (secondary N) is 1. The van der Waals surface area contributed by atoms with Crippen LogP contribution in [0.4, 0.5) is 0 Å². The molecule has 2 rings (SSSR count). The van der Waals surface area contributed by atoms with Gasteiger partial charge >= 0.3 is 0 Å². The molecule has 0 bridgehead atoms. The van der Waals surface area contributed by atoms with E-state index in [4.69, 9.17) is 0 Å². The second-order valence-corrected chi connectivity index (χ2v) is 4.43. The van der Waals surface area contributed by atoms with Crippen LogP contribution in [0.15, 0.2) is 30.3 Å². The van der Waals surface area contributed by atoms with Gasteiger partial charge in [0.1, 0.15) is 0 Å². The van der Waals surface area contributed by atoms with Crippen LogP contribution in [0.5, 0.6) is 0 Å². The third-order valence-corrected chi connectivity index (χ3v) is 3.11. The summed E-state index contributed by atoms with van der Waals surface area (Å²) in [7, 11) is 2.04. The number of likely N-dealkylation sites (tertiary alicyclic amines) is 1. The average molecular weight is 204 g/mol. The number of rotatable bonds is 4. The van der Waals surface area contributed by atoms with Crippen LogP contribution in [0.25, 0.3) is 0 Å². The summed E-state index contributed by atoms with van der Waals surface area (Å²) in [6.07, 6.45) is 1.34. The third kappa shape index (κ3) is 3.05. The first-order valence-corrected chi connectivity index (χ1v) is 5.79. The molecule has 1 aliphatic heterocycles. The maximum Gasteiger partial charge on any atom is 0.0233 e. The summed E-state index contributed by atoms with van der Waals surface area (Å²) in [6.45, 7) is 4.77. The zero-order chi connectivity index (χ0) is 10.5. The normalized spacial score (nSPS) is 22.1. The molecule has 0 unspecified atom stereocenters. The number of hydrogen-bond acceptors (Lipinski definition) is 2. The summed E-state index contributed by atoms with van der Waals surface area (Å²) in [4.78, 5) is 2.55. The predicted octanol–water partition coefficient (Wildman–Crippen LogP) is 1.73. The highest BCUT2D eigenvalue weighted by molar-refractivity contribution is 5.14. The Bertz CT molecular complexity index is 284. The van der Waals surface area contributed by atoms with E-state index in [1.165, 1.54) is 25.1 Å². The van der Waals surface area contributed by atoms with E-state index in [9.17, 15) is 0 Å². The Morgan fingerprint density at radius 3 is 2.87 bits per heavy atom. The molecular weight excluding hydrogens is 184 g/mol. The van der Waals surface area contributed by atoms with Crippen LogP contribution in [0.1, 0.15) is 12.0 Å². The first kappa shape index (κ1) is 10.7. The fraction of sp³-hybridized carbons (Fsp3) is 0.538. The second-order valence-electron chi connectivity index (χ2n) is 4.43. The molecule has 0 aromatic heterocycles. The van der Waals surface area contributed by atoms with Crippen LogP contribution in [0.3, 0.4) is 0 Å². The van der Waals surface area contributed by atoms with Crippen LogP contribution in [-0.2, 0) is 6.54 Å². The average Bonchev–Trinajstić information content (AvgIpc) is 2.68. The lowest BCUT2D eigenvalue weighted by atomic mass is 10.1. The van der Waals surface area contributed by atoms with E-state index in [0.717, 1.165) is 19.0 Å². The first-order chi connectivity index (χ1) is 7.38. The number of benzene rings is 1. The molecule has 1 fully saturated rings. The van der Waals surface area contributed by atoms with Crippen molar-refractivity contribution in [2.75, 3.05) is 26.7 Å². The molecule has 1 aromatic carbocycles. The minimum absolute atomic E-state index is 0.846. The van der Waals surface area contributed by atoms with Gasteiger partial charge in [0.25, 0.3) is 0 Å². The highest BCUT2D eigenvalue weighted by atomic mass is 15.1. The monoisotopic (exact) mass is 204 g/mol. The predicted molar refractivity (Wildman–Crippen MR) is 63.8 cm³/mol. The van der Waals surface area contributed by atoms with Gasteiger partial charge < -0.3 is 5.32 Å². The van der Waals surface area contributed by atoms with Gasteiger partial charge in [-0.15, -0.1) is 0 Å². The molecule has 1 atom stereocenters. The van der Waals surface area contributed by atoms with Gasteiger partial charge in [0.15, 0.2) is 0 Å². The molecule has 0 spiro atoms. The zero-order valence-electron chi connectivity index (χ0n) is 9.45. The molecule has 0 aliphatic carbocycles. The van der Waals surface area contributed by atoms with Gasteiger partial charge in [-0.2, -0.15) is 0 Å². The van der Waals surface area contributed by atoms with Gasteiger partial charge in [0.05, 0.1) is 0 Å². The summed E-state index contributed by atoms with van der Waals surface area (Å²) in [5.74, 6) is 0.846. The van der Waals surface area contributed by atoms with Crippen molar-refractivity contribution in [2.24, 2.45) is 5.92 Å². The smallest absolute Gasteiger partial charge is 0.0233 e. The zero-order valence-corrected chi connectivity index (χ0v) is 9.45. The van der Waals surface area contributed by atoms with Crippen LogP contribution in [0.2, 0.25) is 0 Å². The van der Waals surface area contributed by atoms with Crippen molar-refractivity contribution in [3.05, 3.63) is 35.9 Å². The minimum atomic E-state index is 0.846. The van der Waals surface area contributed by atoms with Crippen molar-refractivity contribution >= 4 is 0 Å². The highest BCUT2D eigenvalue weighted by Crippen LogP contribution is 2.17. The highest BCUT2D eigenvalue weighted by Gasteiger charge is 2.21. The molecule has 1 N–H and O–H groups in total. The molecule has 2 heteroatoms. The fourth-order valence-electron chi connectivity index (χ4n) is 2.35. The summed E-state index contributed by atoms with van der Waals surface area (Å²) in [5.41, 5.74) is 1.43. The fourth-order valence-corrected chi connectivity index (χ4v) is 2.35. The summed E-state index contributed by atoms with van der Waals surface area (Å²) in [6, 6.07) is 10.8. The van der Waals surface area contributed by atoms with E-state index in [0.29, 0.717) is 0 Å². The Labute approximate surface area is 92.3 Å². The molecule has 1 saturated heterocycles. The van der Waals surface area contributed by atoms with Crippen LogP contribution >= 0.6 is 0 Å². The molecule has 15 heavy (non-hydrogen) atoms. The second kappa shape index (κ2) is 5.29. The van der Waals surface area contributed by atoms with Crippen molar-refractivity contribution in [3.8, 4) is 0 Å². The van der Waals surface area contributed by atoms with Crippen molar-refractivity contribution in [2.45, 2.75) is 13.0 Å². The lowest BCUT2D eigenvalue weighted by Gasteiger charge is -2.15. The standard InChI is InChI=1S/C13H20N2/c1-14-9-13-7-8-15(11-13)10-12-5-3-2-4-6-12/h2-6,13-14H,7-11H2,1H3/t13-/m0/s1. The van der Waals surface area contributed by atoms with Crippen LogP contribution < -0.4 is 5.32 Å². The van der Waals surface area contributed by atoms with Crippen LogP contribution in [0, 0.1) is 5.92 Å². The Balaban J connectivity index is 1.82. The quantitative estimate of drug-likeness (QED) is 0.803. The lowest BCUT2D eigenvalue weighted by Crippen LogP contribution is -2.24. The van der Waals surface area contributed by atoms with Gasteiger partial charge in [0.2, 0.25) is 0 Å². The molecule has 2 nitrogen and oxygen atoms in total. The van der Waals surface area contributed by atoms with E-state index in [2.05, 4.69) is 40.5 Å². The summed E-state index contributed by atoms with van der Waals surface area (Å²) >= 11 is 0. The van der Waals surface area contributed by atoms with Gasteiger partial charge in [-0.05, 0) is 38.0 Å². The number of nitrogens with zero attached hydrogens (tertiary/aromatic N) is 1. The maximum atomic E-state index is 3.27. The van der Waals surface area contributed by atoms with Gasteiger partial charge in [-0.3, -0.25) is 4.90 Å². The van der Waals surface area contributed by atoms with E-state index in [-0.39, 0.29) is 0 Å². The molecule has 0 amide bonds. The number of hydrogen-bond donors (Lipinski definition) is 1. The van der Waals surface area contributed by atoms with Crippen molar-refractivity contribution in [1.82, 2.24) is 10.2 Å². The van der Waals surface area contributed by atoms with Crippen molar-refractivity contribution in [3.63, 3.8) is 0 Å². The van der Waals surface area contributed by atoms with E-state index < -0.39 is 0 Å². The maximum absolute atomic E-state index is 3.27. The molecule has 0 saturated carbocycles. The van der Waals surface area contributed by atoms with Gasteiger partial charge in [-0.1, -0.05) is 30.3 Å². The molecule has 1 heterocycles. The first-order valence-electron chi connectivity index (χ1n) is 5.79. The van der Waals surface area contributed by atoms with E-state index in [1.807, 2.05) is 7.05 Å². The van der Waals surface area contributed by atoms with Gasteiger partial charge in [-0.25, -0.2) is 0 Å². The van der Waals surface area contributed by atoms with Crippen molar-refractivity contribution in [1.29, 1.82) is 0 Å².